The average molecular weight is 348 g/mol. The fraction of sp³-hybridized carbons (Fsp3) is 0.429. The highest BCUT2D eigenvalue weighted by molar-refractivity contribution is 7.89. The van der Waals surface area contributed by atoms with Crippen LogP contribution in [0.2, 0.25) is 5.02 Å². The second-order valence-electron chi connectivity index (χ2n) is 5.84. The van der Waals surface area contributed by atoms with Gasteiger partial charge in [-0.05, 0) is 24.3 Å². The Morgan fingerprint density at radius 2 is 1.73 bits per heavy atom. The fourth-order valence-corrected chi connectivity index (χ4v) is 2.86. The summed E-state index contributed by atoms with van der Waals surface area (Å²) in [6.07, 6.45) is -0.425. The van der Waals surface area contributed by atoms with Gasteiger partial charge < -0.3 is 5.11 Å². The van der Waals surface area contributed by atoms with Gasteiger partial charge in [-0.1, -0.05) is 32.4 Å². The summed E-state index contributed by atoms with van der Waals surface area (Å²) < 4.78 is 26.4. The first-order valence-electron chi connectivity index (χ1n) is 6.47. The molecule has 2 N–H and O–H groups in total. The Morgan fingerprint density at radius 1 is 1.23 bits per heavy atom. The molecule has 1 atom stereocenters. The van der Waals surface area contributed by atoms with Gasteiger partial charge in [0.1, 0.15) is 11.8 Å². The van der Waals surface area contributed by atoms with Gasteiger partial charge in [0.05, 0.1) is 4.90 Å². The maximum absolute atomic E-state index is 12.2. The third kappa shape index (κ3) is 5.08. The lowest BCUT2D eigenvalue weighted by atomic mass is 9.87. The van der Waals surface area contributed by atoms with E-state index in [4.69, 9.17) is 16.7 Å². The number of carbonyl (C=O) groups excluding carboxylic acids is 1. The zero-order valence-corrected chi connectivity index (χ0v) is 14.0. The van der Waals surface area contributed by atoms with E-state index in [1.54, 1.807) is 20.8 Å². The van der Waals surface area contributed by atoms with Gasteiger partial charge in [0.25, 0.3) is 0 Å². The van der Waals surface area contributed by atoms with Crippen LogP contribution in [0.3, 0.4) is 0 Å². The van der Waals surface area contributed by atoms with Crippen molar-refractivity contribution >= 4 is 33.4 Å². The lowest BCUT2D eigenvalue weighted by Gasteiger charge is -2.20. The lowest BCUT2D eigenvalue weighted by Crippen LogP contribution is -2.43. The minimum absolute atomic E-state index is 0.119. The molecule has 0 aromatic heterocycles. The number of rotatable bonds is 6. The van der Waals surface area contributed by atoms with E-state index in [9.17, 15) is 18.0 Å². The van der Waals surface area contributed by atoms with E-state index >= 15 is 0 Å². The van der Waals surface area contributed by atoms with Gasteiger partial charge >= 0.3 is 5.97 Å². The molecule has 0 aliphatic carbocycles. The molecular formula is C14H18ClNO5S. The summed E-state index contributed by atoms with van der Waals surface area (Å²) in [5.41, 5.74) is -0.751. The Labute approximate surface area is 134 Å². The third-order valence-corrected chi connectivity index (χ3v) is 4.69. The standard InChI is InChI=1S/C14H18ClNO5S/c1-14(2,3)12(17)8-11(13(18)19)16-22(20,21)10-6-4-9(15)5-7-10/h4-7,11,16H,8H2,1-3H3,(H,18,19). The molecule has 0 aliphatic rings. The number of halogens is 1. The molecule has 0 saturated heterocycles. The van der Waals surface area contributed by atoms with E-state index in [0.29, 0.717) is 5.02 Å². The minimum Gasteiger partial charge on any atom is -0.480 e. The zero-order chi connectivity index (χ0) is 17.1. The van der Waals surface area contributed by atoms with E-state index in [2.05, 4.69) is 0 Å². The predicted molar refractivity (Wildman–Crippen MR) is 82.3 cm³/mol. The number of benzene rings is 1. The zero-order valence-electron chi connectivity index (χ0n) is 12.5. The van der Waals surface area contributed by atoms with Gasteiger partial charge in [-0.25, -0.2) is 8.42 Å². The lowest BCUT2D eigenvalue weighted by molar-refractivity contribution is -0.141. The molecule has 0 saturated carbocycles. The maximum atomic E-state index is 12.2. The van der Waals surface area contributed by atoms with Crippen LogP contribution >= 0.6 is 11.6 Å². The maximum Gasteiger partial charge on any atom is 0.322 e. The Morgan fingerprint density at radius 3 is 2.14 bits per heavy atom. The smallest absolute Gasteiger partial charge is 0.322 e. The number of Topliss-reactive ketones (excluding diaryl/α,β-unsaturated/α-hetero) is 1. The van der Waals surface area contributed by atoms with Crippen molar-refractivity contribution in [3.8, 4) is 0 Å². The number of aliphatic carboxylic acids is 1. The molecule has 0 heterocycles. The highest BCUT2D eigenvalue weighted by atomic mass is 35.5. The van der Waals surface area contributed by atoms with Crippen molar-refractivity contribution < 1.29 is 23.1 Å². The molecular weight excluding hydrogens is 330 g/mol. The van der Waals surface area contributed by atoms with E-state index < -0.39 is 33.9 Å². The van der Waals surface area contributed by atoms with Crippen molar-refractivity contribution in [3.63, 3.8) is 0 Å². The highest BCUT2D eigenvalue weighted by Gasteiger charge is 2.31. The number of nitrogens with one attached hydrogen (secondary N) is 1. The van der Waals surface area contributed by atoms with Gasteiger partial charge in [0.15, 0.2) is 0 Å². The Bertz CT molecular complexity index is 661. The van der Waals surface area contributed by atoms with E-state index in [1.165, 1.54) is 24.3 Å². The molecule has 1 aromatic rings. The summed E-state index contributed by atoms with van der Waals surface area (Å²) in [6, 6.07) is 3.76. The van der Waals surface area contributed by atoms with Gasteiger partial charge in [0, 0.05) is 16.9 Å². The summed E-state index contributed by atoms with van der Waals surface area (Å²) in [5.74, 6) is -1.76. The average Bonchev–Trinajstić information content (AvgIpc) is 2.36. The second-order valence-corrected chi connectivity index (χ2v) is 7.99. The summed E-state index contributed by atoms with van der Waals surface area (Å²) in [6.45, 7) is 4.92. The topological polar surface area (TPSA) is 101 Å². The number of hydrogen-bond acceptors (Lipinski definition) is 4. The van der Waals surface area contributed by atoms with Gasteiger partial charge in [-0.3, -0.25) is 9.59 Å². The number of carboxylic acids is 1. The van der Waals surface area contributed by atoms with Crippen LogP contribution in [0, 0.1) is 5.41 Å². The number of carboxylic acid groups (broad SMARTS) is 1. The van der Waals surface area contributed by atoms with Crippen LogP contribution in [0.4, 0.5) is 0 Å². The van der Waals surface area contributed by atoms with Crippen molar-refractivity contribution in [1.82, 2.24) is 4.72 Å². The van der Waals surface area contributed by atoms with Crippen molar-refractivity contribution in [2.24, 2.45) is 5.41 Å². The molecule has 122 valence electrons. The molecule has 1 rings (SSSR count). The predicted octanol–water partition coefficient (Wildman–Crippen LogP) is 2.08. The molecule has 0 spiro atoms. The normalized spacial score (nSPS) is 13.6. The van der Waals surface area contributed by atoms with E-state index in [-0.39, 0.29) is 10.7 Å². The van der Waals surface area contributed by atoms with Crippen molar-refractivity contribution in [2.75, 3.05) is 0 Å². The SMILES string of the molecule is CC(C)(C)C(=O)CC(NS(=O)(=O)c1ccc(Cl)cc1)C(=O)O. The second kappa shape index (κ2) is 6.76. The van der Waals surface area contributed by atoms with Crippen LogP contribution in [0.25, 0.3) is 0 Å². The molecule has 0 amide bonds. The van der Waals surface area contributed by atoms with Crippen LogP contribution in [0.15, 0.2) is 29.2 Å². The first kappa shape index (κ1) is 18.6. The summed E-state index contributed by atoms with van der Waals surface area (Å²) in [4.78, 5) is 23.0. The molecule has 0 fully saturated rings. The largest absolute Gasteiger partial charge is 0.480 e. The number of sulfonamides is 1. The summed E-state index contributed by atoms with van der Waals surface area (Å²) in [7, 11) is -4.05. The number of carbonyl (C=O) groups is 2. The summed E-state index contributed by atoms with van der Waals surface area (Å²) in [5, 5.41) is 9.50. The first-order chi connectivity index (χ1) is 9.93. The molecule has 8 heteroatoms. The first-order valence-corrected chi connectivity index (χ1v) is 8.33. The monoisotopic (exact) mass is 347 g/mol. The van der Waals surface area contributed by atoms with Crippen LogP contribution in [0.1, 0.15) is 27.2 Å². The van der Waals surface area contributed by atoms with E-state index in [0.717, 1.165) is 0 Å². The highest BCUT2D eigenvalue weighted by Crippen LogP contribution is 2.19. The Hall–Kier alpha value is -1.44. The molecule has 1 aromatic carbocycles. The molecule has 0 bridgehead atoms. The van der Waals surface area contributed by atoms with Crippen molar-refractivity contribution in [1.29, 1.82) is 0 Å². The van der Waals surface area contributed by atoms with Gasteiger partial charge in [0.2, 0.25) is 10.0 Å². The van der Waals surface area contributed by atoms with Gasteiger partial charge in [-0.15, -0.1) is 0 Å². The minimum atomic E-state index is -4.05. The van der Waals surface area contributed by atoms with Crippen LogP contribution in [-0.2, 0) is 19.6 Å². The Balaban J connectivity index is 2.98. The molecule has 22 heavy (non-hydrogen) atoms. The molecule has 0 radical (unpaired) electrons. The van der Waals surface area contributed by atoms with E-state index in [1.807, 2.05) is 4.72 Å². The fourth-order valence-electron chi connectivity index (χ4n) is 1.54. The summed E-state index contributed by atoms with van der Waals surface area (Å²) >= 11 is 5.68. The molecule has 1 unspecified atom stereocenters. The van der Waals surface area contributed by atoms with Crippen LogP contribution in [-0.4, -0.2) is 31.3 Å². The van der Waals surface area contributed by atoms with Crippen molar-refractivity contribution in [3.05, 3.63) is 29.3 Å². The number of hydrogen-bond donors (Lipinski definition) is 2. The molecule has 0 aliphatic heterocycles. The van der Waals surface area contributed by atoms with Crippen LogP contribution in [0.5, 0.6) is 0 Å². The van der Waals surface area contributed by atoms with Crippen LogP contribution < -0.4 is 4.72 Å². The molecule has 6 nitrogen and oxygen atoms in total. The van der Waals surface area contributed by atoms with Gasteiger partial charge in [-0.2, -0.15) is 4.72 Å². The Kier molecular flexibility index (Phi) is 5.72. The quantitative estimate of drug-likeness (QED) is 0.820. The third-order valence-electron chi connectivity index (χ3n) is 2.95. The van der Waals surface area contributed by atoms with Crippen molar-refractivity contribution in [2.45, 2.75) is 38.1 Å². The number of ketones is 1.